The van der Waals surface area contributed by atoms with E-state index in [1.54, 1.807) is 16.8 Å². The van der Waals surface area contributed by atoms with E-state index in [4.69, 9.17) is 5.11 Å². The summed E-state index contributed by atoms with van der Waals surface area (Å²) < 4.78 is 0. The van der Waals surface area contributed by atoms with Crippen molar-refractivity contribution in [1.29, 1.82) is 0 Å². The van der Waals surface area contributed by atoms with Gasteiger partial charge in [-0.25, -0.2) is 0 Å². The van der Waals surface area contributed by atoms with Crippen LogP contribution in [0.15, 0.2) is 0 Å². The summed E-state index contributed by atoms with van der Waals surface area (Å²) in [5.41, 5.74) is 0. The van der Waals surface area contributed by atoms with E-state index in [9.17, 15) is 9.59 Å². The van der Waals surface area contributed by atoms with Gasteiger partial charge in [0.25, 0.3) is 0 Å². The smallest absolute Gasteiger partial charge is 0.320 e. The lowest BCUT2D eigenvalue weighted by Crippen LogP contribution is -2.51. The van der Waals surface area contributed by atoms with Crippen molar-refractivity contribution in [2.45, 2.75) is 19.4 Å². The van der Waals surface area contributed by atoms with Crippen LogP contribution in [0, 0.1) is 0 Å². The van der Waals surface area contributed by atoms with Gasteiger partial charge in [0.2, 0.25) is 5.91 Å². The Kier molecular flexibility index (Phi) is 5.37. The van der Waals surface area contributed by atoms with E-state index >= 15 is 0 Å². The summed E-state index contributed by atoms with van der Waals surface area (Å²) in [6.07, 6.45) is 0.501. The van der Waals surface area contributed by atoms with Crippen LogP contribution >= 0.6 is 0 Å². The third kappa shape index (κ3) is 3.98. The first-order valence-electron chi connectivity index (χ1n) is 5.97. The largest absolute Gasteiger partial charge is 0.480 e. The number of piperazine rings is 1. The number of carbonyl (C=O) groups excluding carboxylic acids is 1. The maximum absolute atomic E-state index is 11.9. The average Bonchev–Trinajstić information content (AvgIpc) is 2.30. The van der Waals surface area contributed by atoms with E-state index in [1.165, 1.54) is 0 Å². The molecule has 1 fully saturated rings. The summed E-state index contributed by atoms with van der Waals surface area (Å²) >= 11 is 0. The van der Waals surface area contributed by atoms with E-state index in [-0.39, 0.29) is 12.5 Å². The van der Waals surface area contributed by atoms with E-state index in [2.05, 4.69) is 5.32 Å². The van der Waals surface area contributed by atoms with Gasteiger partial charge in [0.1, 0.15) is 6.04 Å². The molecule has 1 aliphatic heterocycles. The van der Waals surface area contributed by atoms with Crippen molar-refractivity contribution < 1.29 is 14.7 Å². The minimum atomic E-state index is -0.872. The number of hydrogen-bond acceptors (Lipinski definition) is 4. The Morgan fingerprint density at radius 2 is 2.00 bits per heavy atom. The first kappa shape index (κ1) is 13.9. The molecule has 0 bridgehead atoms. The van der Waals surface area contributed by atoms with Gasteiger partial charge in [-0.3, -0.25) is 14.5 Å². The Bertz CT molecular complexity index is 277. The van der Waals surface area contributed by atoms with Gasteiger partial charge in [-0.15, -0.1) is 0 Å². The van der Waals surface area contributed by atoms with Crippen molar-refractivity contribution >= 4 is 11.9 Å². The van der Waals surface area contributed by atoms with Gasteiger partial charge in [0.15, 0.2) is 0 Å². The number of likely N-dealkylation sites (N-methyl/N-ethyl adjacent to an activating group) is 1. The van der Waals surface area contributed by atoms with Crippen molar-refractivity contribution in [2.75, 3.05) is 39.8 Å². The molecule has 98 valence electrons. The number of amides is 1. The normalized spacial score (nSPS) is 18.2. The molecule has 6 heteroatoms. The fraction of sp³-hybridized carbons (Fsp3) is 0.818. The molecule has 0 aromatic rings. The Labute approximate surface area is 102 Å². The minimum Gasteiger partial charge on any atom is -0.480 e. The van der Waals surface area contributed by atoms with E-state index in [0.717, 1.165) is 13.1 Å². The number of nitrogens with zero attached hydrogens (tertiary/aromatic N) is 2. The lowest BCUT2D eigenvalue weighted by Gasteiger charge is -2.30. The third-order valence-corrected chi connectivity index (χ3v) is 3.06. The van der Waals surface area contributed by atoms with Crippen LogP contribution in [-0.4, -0.2) is 72.6 Å². The molecule has 1 atom stereocenters. The summed E-state index contributed by atoms with van der Waals surface area (Å²) in [6, 6.07) is -0.582. The van der Waals surface area contributed by atoms with Crippen molar-refractivity contribution in [3.63, 3.8) is 0 Å². The highest BCUT2D eigenvalue weighted by molar-refractivity contribution is 5.80. The highest BCUT2D eigenvalue weighted by Crippen LogP contribution is 2.03. The second-order valence-corrected chi connectivity index (χ2v) is 4.31. The molecule has 6 nitrogen and oxygen atoms in total. The van der Waals surface area contributed by atoms with Gasteiger partial charge < -0.3 is 15.3 Å². The Hall–Kier alpha value is -1.14. The topological polar surface area (TPSA) is 72.9 Å². The molecule has 0 aliphatic carbocycles. The van der Waals surface area contributed by atoms with Crippen LogP contribution in [0.2, 0.25) is 0 Å². The molecular weight excluding hydrogens is 222 g/mol. The van der Waals surface area contributed by atoms with E-state index < -0.39 is 12.0 Å². The molecule has 1 amide bonds. The monoisotopic (exact) mass is 243 g/mol. The second kappa shape index (κ2) is 6.56. The zero-order valence-electron chi connectivity index (χ0n) is 10.5. The van der Waals surface area contributed by atoms with Crippen molar-refractivity contribution in [2.24, 2.45) is 0 Å². The second-order valence-electron chi connectivity index (χ2n) is 4.31. The number of hydrogen-bond donors (Lipinski definition) is 2. The van der Waals surface area contributed by atoms with Crippen molar-refractivity contribution in [3.8, 4) is 0 Å². The van der Waals surface area contributed by atoms with E-state index in [0.29, 0.717) is 19.5 Å². The molecule has 0 aromatic carbocycles. The predicted molar refractivity (Wildman–Crippen MR) is 63.8 cm³/mol. The van der Waals surface area contributed by atoms with Crippen LogP contribution in [0.4, 0.5) is 0 Å². The number of carboxylic acids is 1. The van der Waals surface area contributed by atoms with Crippen LogP contribution in [0.25, 0.3) is 0 Å². The van der Waals surface area contributed by atoms with Gasteiger partial charge in [-0.2, -0.15) is 0 Å². The zero-order valence-corrected chi connectivity index (χ0v) is 10.5. The quantitative estimate of drug-likeness (QED) is 0.662. The number of aliphatic carboxylic acids is 1. The zero-order chi connectivity index (χ0) is 12.8. The lowest BCUT2D eigenvalue weighted by molar-refractivity contribution is -0.144. The van der Waals surface area contributed by atoms with Crippen LogP contribution in [-0.2, 0) is 9.59 Å². The standard InChI is InChI=1S/C11H21N3O3/c1-3-9(11(16)17)13(2)8-10(15)14-6-4-12-5-7-14/h9,12H,3-8H2,1-2H3,(H,16,17). The van der Waals surface area contributed by atoms with Gasteiger partial charge in [-0.05, 0) is 13.5 Å². The van der Waals surface area contributed by atoms with Gasteiger partial charge in [0, 0.05) is 26.2 Å². The van der Waals surface area contributed by atoms with Crippen molar-refractivity contribution in [1.82, 2.24) is 15.1 Å². The molecule has 0 aromatic heterocycles. The number of rotatable bonds is 5. The van der Waals surface area contributed by atoms with Gasteiger partial charge in [0.05, 0.1) is 6.54 Å². The van der Waals surface area contributed by atoms with Gasteiger partial charge in [-0.1, -0.05) is 6.92 Å². The van der Waals surface area contributed by atoms with Crippen LogP contribution in [0.5, 0.6) is 0 Å². The Morgan fingerprint density at radius 3 is 2.47 bits per heavy atom. The first-order chi connectivity index (χ1) is 8.06. The maximum atomic E-state index is 11.9. The molecule has 1 unspecified atom stereocenters. The molecule has 1 aliphatic rings. The molecule has 2 N–H and O–H groups in total. The first-order valence-corrected chi connectivity index (χ1v) is 5.97. The molecule has 0 radical (unpaired) electrons. The molecule has 1 saturated heterocycles. The fourth-order valence-electron chi connectivity index (χ4n) is 2.01. The molecule has 1 heterocycles. The third-order valence-electron chi connectivity index (χ3n) is 3.06. The summed E-state index contributed by atoms with van der Waals surface area (Å²) in [5.74, 6) is -0.864. The van der Waals surface area contributed by atoms with Crippen LogP contribution in [0.3, 0.4) is 0 Å². The summed E-state index contributed by atoms with van der Waals surface area (Å²) in [5, 5.41) is 12.2. The van der Waals surface area contributed by atoms with E-state index in [1.807, 2.05) is 6.92 Å². The van der Waals surface area contributed by atoms with Crippen LogP contribution < -0.4 is 5.32 Å². The number of carbonyl (C=O) groups is 2. The fourth-order valence-corrected chi connectivity index (χ4v) is 2.01. The predicted octanol–water partition coefficient (Wildman–Crippen LogP) is -0.787. The summed E-state index contributed by atoms with van der Waals surface area (Å²) in [6.45, 7) is 5.01. The summed E-state index contributed by atoms with van der Waals surface area (Å²) in [4.78, 5) is 26.3. The summed E-state index contributed by atoms with van der Waals surface area (Å²) in [7, 11) is 1.68. The molecule has 0 spiro atoms. The highest BCUT2D eigenvalue weighted by atomic mass is 16.4. The van der Waals surface area contributed by atoms with Gasteiger partial charge >= 0.3 is 5.97 Å². The molecular formula is C11H21N3O3. The SMILES string of the molecule is CCC(C(=O)O)N(C)CC(=O)N1CCNCC1. The van der Waals surface area contributed by atoms with Crippen molar-refractivity contribution in [3.05, 3.63) is 0 Å². The molecule has 17 heavy (non-hydrogen) atoms. The molecule has 1 rings (SSSR count). The maximum Gasteiger partial charge on any atom is 0.320 e. The Morgan fingerprint density at radius 1 is 1.41 bits per heavy atom. The minimum absolute atomic E-state index is 0.00806. The Balaban J connectivity index is 2.46. The van der Waals surface area contributed by atoms with Crippen LogP contribution in [0.1, 0.15) is 13.3 Å². The molecule has 0 saturated carbocycles. The number of carboxylic acid groups (broad SMARTS) is 1. The average molecular weight is 243 g/mol. The highest BCUT2D eigenvalue weighted by Gasteiger charge is 2.24. The number of nitrogens with one attached hydrogen (secondary N) is 1. The lowest BCUT2D eigenvalue weighted by atomic mass is 10.2.